The Bertz CT molecular complexity index is 631. The number of benzene rings is 1. The molecule has 1 amide bonds. The summed E-state index contributed by atoms with van der Waals surface area (Å²) in [5.74, 6) is -0.309. The van der Waals surface area contributed by atoms with Gasteiger partial charge in [-0.25, -0.2) is 13.6 Å². The predicted molar refractivity (Wildman–Crippen MR) is 81.0 cm³/mol. The van der Waals surface area contributed by atoms with Crippen LogP contribution in [0.2, 0.25) is 5.02 Å². The van der Waals surface area contributed by atoms with Gasteiger partial charge in [0.05, 0.1) is 4.90 Å². The number of primary sulfonamides is 1. The molecule has 6 nitrogen and oxygen atoms in total. The van der Waals surface area contributed by atoms with E-state index in [1.54, 1.807) is 21.1 Å². The second-order valence-corrected chi connectivity index (χ2v) is 6.66. The molecule has 0 radical (unpaired) electrons. The van der Waals surface area contributed by atoms with E-state index >= 15 is 0 Å². The van der Waals surface area contributed by atoms with Crippen molar-refractivity contribution in [2.45, 2.75) is 18.2 Å². The SMILES string of the molecule is COCCCN(C)C(=O)c1cc(S(N)(=O)=O)cc(Cl)c1C. The van der Waals surface area contributed by atoms with Crippen molar-refractivity contribution in [2.24, 2.45) is 5.14 Å². The standard InChI is InChI=1S/C13H19ClN2O4S/c1-9-11(13(17)16(2)5-4-6-20-3)7-10(8-12(9)14)21(15,18)19/h7-8H,4-6H2,1-3H3,(H2,15,18,19). The van der Waals surface area contributed by atoms with Crippen molar-refractivity contribution < 1.29 is 17.9 Å². The van der Waals surface area contributed by atoms with Gasteiger partial charge in [-0.15, -0.1) is 0 Å². The lowest BCUT2D eigenvalue weighted by Gasteiger charge is -2.19. The highest BCUT2D eigenvalue weighted by Gasteiger charge is 2.20. The highest BCUT2D eigenvalue weighted by Crippen LogP contribution is 2.24. The lowest BCUT2D eigenvalue weighted by Crippen LogP contribution is -2.29. The van der Waals surface area contributed by atoms with Crippen LogP contribution < -0.4 is 5.14 Å². The molecule has 0 spiro atoms. The predicted octanol–water partition coefficient (Wildman–Crippen LogP) is 1.40. The van der Waals surface area contributed by atoms with Crippen LogP contribution in [0.5, 0.6) is 0 Å². The fraction of sp³-hybridized carbons (Fsp3) is 0.462. The first kappa shape index (κ1) is 17.9. The van der Waals surface area contributed by atoms with Crippen LogP contribution in [0.3, 0.4) is 0 Å². The fourth-order valence-electron chi connectivity index (χ4n) is 1.79. The van der Waals surface area contributed by atoms with Gasteiger partial charge in [-0.1, -0.05) is 11.6 Å². The highest BCUT2D eigenvalue weighted by molar-refractivity contribution is 7.89. The molecule has 2 N–H and O–H groups in total. The summed E-state index contributed by atoms with van der Waals surface area (Å²) in [4.78, 5) is 13.7. The summed E-state index contributed by atoms with van der Waals surface area (Å²) in [7, 11) is -0.701. The van der Waals surface area contributed by atoms with E-state index in [0.29, 0.717) is 25.1 Å². The maximum atomic E-state index is 12.4. The minimum absolute atomic E-state index is 0.174. The Hall–Kier alpha value is -1.15. The number of amides is 1. The third-order valence-electron chi connectivity index (χ3n) is 3.07. The Kier molecular flexibility index (Phi) is 6.15. The molecule has 0 saturated carbocycles. The number of nitrogens with zero attached hydrogens (tertiary/aromatic N) is 1. The first-order chi connectivity index (χ1) is 9.68. The lowest BCUT2D eigenvalue weighted by molar-refractivity contribution is 0.0778. The van der Waals surface area contributed by atoms with Crippen molar-refractivity contribution in [1.82, 2.24) is 4.90 Å². The van der Waals surface area contributed by atoms with Crippen LogP contribution in [-0.2, 0) is 14.8 Å². The third-order valence-corrected chi connectivity index (χ3v) is 4.35. The molecule has 0 heterocycles. The number of carbonyl (C=O) groups is 1. The zero-order chi connectivity index (χ0) is 16.2. The van der Waals surface area contributed by atoms with Gasteiger partial charge in [-0.2, -0.15) is 0 Å². The molecule has 8 heteroatoms. The summed E-state index contributed by atoms with van der Waals surface area (Å²) in [5.41, 5.74) is 0.749. The van der Waals surface area contributed by atoms with Crippen molar-refractivity contribution in [3.05, 3.63) is 28.3 Å². The van der Waals surface area contributed by atoms with Crippen LogP contribution in [0, 0.1) is 6.92 Å². The number of hydrogen-bond donors (Lipinski definition) is 1. The summed E-state index contributed by atoms with van der Waals surface area (Å²) >= 11 is 5.99. The van der Waals surface area contributed by atoms with Gasteiger partial charge < -0.3 is 9.64 Å². The summed E-state index contributed by atoms with van der Waals surface area (Å²) in [6.07, 6.45) is 0.681. The van der Waals surface area contributed by atoms with Gasteiger partial charge in [0, 0.05) is 37.9 Å². The van der Waals surface area contributed by atoms with Crippen molar-refractivity contribution in [3.8, 4) is 0 Å². The van der Waals surface area contributed by atoms with E-state index in [1.165, 1.54) is 17.0 Å². The summed E-state index contributed by atoms with van der Waals surface area (Å²) < 4.78 is 27.8. The summed E-state index contributed by atoms with van der Waals surface area (Å²) in [6.45, 7) is 2.68. The van der Waals surface area contributed by atoms with Crippen LogP contribution in [0.25, 0.3) is 0 Å². The molecule has 0 aromatic heterocycles. The zero-order valence-corrected chi connectivity index (χ0v) is 13.8. The monoisotopic (exact) mass is 334 g/mol. The second-order valence-electron chi connectivity index (χ2n) is 4.70. The molecule has 0 aliphatic carbocycles. The van der Waals surface area contributed by atoms with E-state index in [2.05, 4.69) is 0 Å². The van der Waals surface area contributed by atoms with Crippen molar-refractivity contribution in [2.75, 3.05) is 27.3 Å². The molecule has 0 saturated heterocycles. The van der Waals surface area contributed by atoms with Gasteiger partial charge in [0.1, 0.15) is 0 Å². The van der Waals surface area contributed by atoms with Crippen molar-refractivity contribution in [3.63, 3.8) is 0 Å². The van der Waals surface area contributed by atoms with E-state index in [0.717, 1.165) is 0 Å². The van der Waals surface area contributed by atoms with E-state index < -0.39 is 10.0 Å². The molecule has 0 aliphatic heterocycles. The van der Waals surface area contributed by atoms with E-state index in [4.69, 9.17) is 21.5 Å². The van der Waals surface area contributed by atoms with Gasteiger partial charge >= 0.3 is 0 Å². The van der Waals surface area contributed by atoms with Gasteiger partial charge in [0.25, 0.3) is 5.91 Å². The van der Waals surface area contributed by atoms with Gasteiger partial charge in [0.15, 0.2) is 0 Å². The number of nitrogens with two attached hydrogens (primary N) is 1. The van der Waals surface area contributed by atoms with E-state index in [-0.39, 0.29) is 21.4 Å². The van der Waals surface area contributed by atoms with Gasteiger partial charge in [-0.05, 0) is 31.0 Å². The van der Waals surface area contributed by atoms with Crippen LogP contribution in [-0.4, -0.2) is 46.5 Å². The first-order valence-corrected chi connectivity index (χ1v) is 8.18. The maximum Gasteiger partial charge on any atom is 0.253 e. The molecule has 0 aliphatic rings. The van der Waals surface area contributed by atoms with Crippen LogP contribution >= 0.6 is 11.6 Å². The smallest absolute Gasteiger partial charge is 0.253 e. The molecule has 0 bridgehead atoms. The number of halogens is 1. The van der Waals surface area contributed by atoms with Crippen molar-refractivity contribution in [1.29, 1.82) is 0 Å². The fourth-order valence-corrected chi connectivity index (χ4v) is 2.64. The Balaban J connectivity index is 3.11. The summed E-state index contributed by atoms with van der Waals surface area (Å²) in [6, 6.07) is 2.50. The molecule has 1 rings (SSSR count). The van der Waals surface area contributed by atoms with Gasteiger partial charge in [-0.3, -0.25) is 4.79 Å². The van der Waals surface area contributed by atoms with Gasteiger partial charge in [0.2, 0.25) is 10.0 Å². The largest absolute Gasteiger partial charge is 0.385 e. The molecule has 118 valence electrons. The lowest BCUT2D eigenvalue weighted by atomic mass is 10.1. The average Bonchev–Trinajstić information content (AvgIpc) is 2.39. The van der Waals surface area contributed by atoms with E-state index in [1.807, 2.05) is 0 Å². The molecule has 0 unspecified atom stereocenters. The van der Waals surface area contributed by atoms with Crippen LogP contribution in [0.4, 0.5) is 0 Å². The Labute approximate surface area is 129 Å². The Morgan fingerprint density at radius 2 is 2.05 bits per heavy atom. The average molecular weight is 335 g/mol. The molecule has 1 aromatic carbocycles. The minimum Gasteiger partial charge on any atom is -0.385 e. The van der Waals surface area contributed by atoms with Crippen LogP contribution in [0.1, 0.15) is 22.3 Å². The first-order valence-electron chi connectivity index (χ1n) is 6.25. The molecular formula is C13H19ClN2O4S. The Morgan fingerprint density at radius 1 is 1.43 bits per heavy atom. The molecule has 0 atom stereocenters. The number of carbonyl (C=O) groups excluding carboxylic acids is 1. The normalized spacial score (nSPS) is 11.5. The molecule has 21 heavy (non-hydrogen) atoms. The highest BCUT2D eigenvalue weighted by atomic mass is 35.5. The third kappa shape index (κ3) is 4.67. The van der Waals surface area contributed by atoms with E-state index in [9.17, 15) is 13.2 Å². The Morgan fingerprint density at radius 3 is 2.57 bits per heavy atom. The molecular weight excluding hydrogens is 316 g/mol. The van der Waals surface area contributed by atoms with Crippen molar-refractivity contribution >= 4 is 27.5 Å². The quantitative estimate of drug-likeness (QED) is 0.796. The second kappa shape index (κ2) is 7.22. The molecule has 0 fully saturated rings. The number of rotatable bonds is 6. The number of ether oxygens (including phenoxy) is 1. The maximum absolute atomic E-state index is 12.4. The van der Waals surface area contributed by atoms with Crippen LogP contribution in [0.15, 0.2) is 17.0 Å². The molecule has 1 aromatic rings. The topological polar surface area (TPSA) is 89.7 Å². The number of hydrogen-bond acceptors (Lipinski definition) is 4. The zero-order valence-electron chi connectivity index (χ0n) is 12.2. The number of sulfonamides is 1. The minimum atomic E-state index is -3.92. The number of methoxy groups -OCH3 is 1. The summed E-state index contributed by atoms with van der Waals surface area (Å²) in [5, 5.41) is 5.28.